The minimum absolute atomic E-state index is 0.100. The Morgan fingerprint density at radius 2 is 2.29 bits per heavy atom. The van der Waals surface area contributed by atoms with Gasteiger partial charge in [0.05, 0.1) is 6.20 Å². The number of hydrogen-bond donors (Lipinski definition) is 3. The highest BCUT2D eigenvalue weighted by Gasteiger charge is 2.29. The van der Waals surface area contributed by atoms with Gasteiger partial charge >= 0.3 is 12.0 Å². The number of nitrogens with one attached hydrogen (secondary N) is 2. The van der Waals surface area contributed by atoms with Gasteiger partial charge in [-0.1, -0.05) is 6.42 Å². The fourth-order valence-electron chi connectivity index (χ4n) is 2.59. The Labute approximate surface area is 127 Å². The molecule has 3 atom stereocenters. The van der Waals surface area contributed by atoms with Crippen LogP contribution < -0.4 is 10.6 Å². The molecule has 0 saturated heterocycles. The Morgan fingerprint density at radius 1 is 1.52 bits per heavy atom. The van der Waals surface area contributed by atoms with Crippen LogP contribution in [0.5, 0.6) is 0 Å². The molecule has 0 aliphatic heterocycles. The van der Waals surface area contributed by atoms with E-state index in [1.807, 2.05) is 6.26 Å². The van der Waals surface area contributed by atoms with Gasteiger partial charge in [0.15, 0.2) is 6.04 Å². The first kappa shape index (κ1) is 15.7. The number of carbonyl (C=O) groups excluding carboxylic acids is 1. The topological polar surface area (TPSA) is 96.2 Å². The van der Waals surface area contributed by atoms with Crippen molar-refractivity contribution in [3.63, 3.8) is 0 Å². The lowest BCUT2D eigenvalue weighted by Gasteiger charge is -2.21. The molecule has 0 spiro atoms. The van der Waals surface area contributed by atoms with Gasteiger partial charge in [0.2, 0.25) is 0 Å². The number of aromatic nitrogens is 2. The molecule has 0 bridgehead atoms. The summed E-state index contributed by atoms with van der Waals surface area (Å²) in [5.41, 5.74) is 0.452. The standard InChI is InChI=1S/C13H20N4O3S/c1-17-7-8(6-14-17)11(12(18)19)16-13(20)15-9-4-3-5-10(9)21-2/h6-7,9-11H,3-5H2,1-2H3,(H,18,19)(H2,15,16,20). The Bertz CT molecular complexity index is 519. The van der Waals surface area contributed by atoms with E-state index < -0.39 is 18.0 Å². The minimum Gasteiger partial charge on any atom is -0.479 e. The molecule has 2 amide bonds. The maximum absolute atomic E-state index is 12.0. The van der Waals surface area contributed by atoms with Crippen LogP contribution in [0.1, 0.15) is 30.9 Å². The SMILES string of the molecule is CSC1CCCC1NC(=O)NC(C(=O)O)c1cnn(C)c1. The van der Waals surface area contributed by atoms with Crippen LogP contribution in [-0.4, -0.2) is 44.4 Å². The lowest BCUT2D eigenvalue weighted by molar-refractivity contribution is -0.139. The van der Waals surface area contributed by atoms with Crippen LogP contribution in [0.3, 0.4) is 0 Å². The van der Waals surface area contributed by atoms with Crippen LogP contribution in [0.4, 0.5) is 4.79 Å². The average molecular weight is 312 g/mol. The normalized spacial score (nSPS) is 22.8. The summed E-state index contributed by atoms with van der Waals surface area (Å²) in [5.74, 6) is -1.11. The molecule has 3 unspecified atom stereocenters. The fourth-order valence-corrected chi connectivity index (χ4v) is 3.53. The zero-order valence-corrected chi connectivity index (χ0v) is 12.9. The van der Waals surface area contributed by atoms with Crippen molar-refractivity contribution in [2.75, 3.05) is 6.26 Å². The Morgan fingerprint density at radius 3 is 2.86 bits per heavy atom. The van der Waals surface area contributed by atoms with Crippen molar-refractivity contribution in [1.29, 1.82) is 0 Å². The number of nitrogens with zero attached hydrogens (tertiary/aromatic N) is 2. The molecule has 116 valence electrons. The number of carbonyl (C=O) groups is 2. The number of hydrogen-bond acceptors (Lipinski definition) is 4. The summed E-state index contributed by atoms with van der Waals surface area (Å²) in [4.78, 5) is 23.4. The van der Waals surface area contributed by atoms with Crippen molar-refractivity contribution in [3.8, 4) is 0 Å². The van der Waals surface area contributed by atoms with E-state index in [4.69, 9.17) is 0 Å². The summed E-state index contributed by atoms with van der Waals surface area (Å²) in [5, 5.41) is 19.0. The van der Waals surface area contributed by atoms with E-state index in [0.29, 0.717) is 10.8 Å². The highest BCUT2D eigenvalue weighted by Crippen LogP contribution is 2.28. The molecular weight excluding hydrogens is 292 g/mol. The molecule has 1 saturated carbocycles. The van der Waals surface area contributed by atoms with E-state index in [0.717, 1.165) is 19.3 Å². The van der Waals surface area contributed by atoms with Gasteiger partial charge in [-0.3, -0.25) is 4.68 Å². The predicted molar refractivity (Wildman–Crippen MR) is 80.2 cm³/mol. The Kier molecular flexibility index (Phi) is 5.11. The number of rotatable bonds is 5. The van der Waals surface area contributed by atoms with Crippen LogP contribution in [0.15, 0.2) is 12.4 Å². The average Bonchev–Trinajstić information content (AvgIpc) is 3.04. The van der Waals surface area contributed by atoms with E-state index >= 15 is 0 Å². The molecule has 7 nitrogen and oxygen atoms in total. The van der Waals surface area contributed by atoms with Crippen LogP contribution in [0.2, 0.25) is 0 Å². The number of carboxylic acids is 1. The van der Waals surface area contributed by atoms with Crippen LogP contribution in [-0.2, 0) is 11.8 Å². The maximum Gasteiger partial charge on any atom is 0.331 e. The van der Waals surface area contributed by atoms with Gasteiger partial charge in [0.1, 0.15) is 0 Å². The van der Waals surface area contributed by atoms with Gasteiger partial charge in [-0.15, -0.1) is 0 Å². The van der Waals surface area contributed by atoms with E-state index in [1.165, 1.54) is 10.9 Å². The molecule has 1 aliphatic carbocycles. The summed E-state index contributed by atoms with van der Waals surface area (Å²) >= 11 is 1.74. The van der Waals surface area contributed by atoms with Crippen LogP contribution >= 0.6 is 11.8 Å². The number of aliphatic carboxylic acids is 1. The summed E-state index contributed by atoms with van der Waals surface area (Å²) in [7, 11) is 1.70. The van der Waals surface area contributed by atoms with Crippen molar-refractivity contribution in [2.45, 2.75) is 36.6 Å². The molecule has 1 aliphatic rings. The summed E-state index contributed by atoms with van der Waals surface area (Å²) in [6, 6.07) is -1.44. The van der Waals surface area contributed by atoms with Crippen LogP contribution in [0.25, 0.3) is 0 Å². The van der Waals surface area contributed by atoms with E-state index in [1.54, 1.807) is 25.0 Å². The molecule has 8 heteroatoms. The van der Waals surface area contributed by atoms with Crippen molar-refractivity contribution in [3.05, 3.63) is 18.0 Å². The van der Waals surface area contributed by atoms with Crippen molar-refractivity contribution in [1.82, 2.24) is 20.4 Å². The van der Waals surface area contributed by atoms with E-state index in [2.05, 4.69) is 15.7 Å². The molecule has 0 aromatic carbocycles. The molecule has 0 radical (unpaired) electrons. The first-order valence-corrected chi connectivity index (χ1v) is 8.11. The van der Waals surface area contributed by atoms with Gasteiger partial charge < -0.3 is 15.7 Å². The smallest absolute Gasteiger partial charge is 0.331 e. The van der Waals surface area contributed by atoms with Gasteiger partial charge in [-0.2, -0.15) is 16.9 Å². The van der Waals surface area contributed by atoms with Gasteiger partial charge in [-0.05, 0) is 19.1 Å². The third-order valence-corrected chi connectivity index (χ3v) is 4.82. The summed E-state index contributed by atoms with van der Waals surface area (Å²) in [6.07, 6.45) is 8.15. The maximum atomic E-state index is 12.0. The second-order valence-electron chi connectivity index (χ2n) is 5.15. The molecular formula is C13H20N4O3S. The summed E-state index contributed by atoms with van der Waals surface area (Å²) < 4.78 is 1.51. The molecule has 2 rings (SSSR count). The highest BCUT2D eigenvalue weighted by atomic mass is 32.2. The van der Waals surface area contributed by atoms with Crippen molar-refractivity contribution in [2.24, 2.45) is 7.05 Å². The third-order valence-electron chi connectivity index (χ3n) is 3.65. The molecule has 3 N–H and O–H groups in total. The summed E-state index contributed by atoms with van der Waals surface area (Å²) in [6.45, 7) is 0. The lowest BCUT2D eigenvalue weighted by Crippen LogP contribution is -2.47. The first-order chi connectivity index (χ1) is 10.0. The van der Waals surface area contributed by atoms with Gasteiger partial charge in [0, 0.05) is 30.1 Å². The number of aryl methyl sites for hydroxylation is 1. The second kappa shape index (κ2) is 6.84. The fraction of sp³-hybridized carbons (Fsp3) is 0.615. The Balaban J connectivity index is 1.97. The van der Waals surface area contributed by atoms with Crippen molar-refractivity contribution < 1.29 is 14.7 Å². The first-order valence-electron chi connectivity index (χ1n) is 6.82. The second-order valence-corrected chi connectivity index (χ2v) is 6.22. The molecule has 1 fully saturated rings. The number of thioether (sulfide) groups is 1. The third kappa shape index (κ3) is 3.90. The molecule has 1 aromatic rings. The van der Waals surface area contributed by atoms with Crippen molar-refractivity contribution >= 4 is 23.8 Å². The molecule has 1 aromatic heterocycles. The minimum atomic E-state index is -1.11. The van der Waals surface area contributed by atoms with Gasteiger partial charge in [0.25, 0.3) is 0 Å². The van der Waals surface area contributed by atoms with E-state index in [9.17, 15) is 14.7 Å². The van der Waals surface area contributed by atoms with Gasteiger partial charge in [-0.25, -0.2) is 9.59 Å². The lowest BCUT2D eigenvalue weighted by atomic mass is 10.1. The number of amides is 2. The molecule has 21 heavy (non-hydrogen) atoms. The number of urea groups is 1. The highest BCUT2D eigenvalue weighted by molar-refractivity contribution is 7.99. The predicted octanol–water partition coefficient (Wildman–Crippen LogP) is 1.13. The van der Waals surface area contributed by atoms with E-state index in [-0.39, 0.29) is 6.04 Å². The quantitative estimate of drug-likeness (QED) is 0.757. The van der Waals surface area contributed by atoms with Crippen LogP contribution in [0, 0.1) is 0 Å². The molecule has 1 heterocycles. The monoisotopic (exact) mass is 312 g/mol. The largest absolute Gasteiger partial charge is 0.479 e. The zero-order chi connectivity index (χ0) is 15.4. The number of carboxylic acid groups (broad SMARTS) is 1. The zero-order valence-electron chi connectivity index (χ0n) is 12.1. The Hall–Kier alpha value is -1.70.